The lowest BCUT2D eigenvalue weighted by atomic mass is 10.1. The van der Waals surface area contributed by atoms with Crippen LogP contribution in [0.2, 0.25) is 0 Å². The lowest BCUT2D eigenvalue weighted by Gasteiger charge is -2.04. The number of rotatable bonds is 0. The van der Waals surface area contributed by atoms with Gasteiger partial charge in [-0.25, -0.2) is 0 Å². The molecule has 0 radical (unpaired) electrons. The van der Waals surface area contributed by atoms with Crippen LogP contribution in [0, 0.1) is 25.7 Å². The third-order valence-corrected chi connectivity index (χ3v) is 1.93. The summed E-state index contributed by atoms with van der Waals surface area (Å²) < 4.78 is 0. The molecule has 0 aliphatic carbocycles. The SMILES string of the molecule is Cc1cc(C#CCN)cc(C)c1N. The van der Waals surface area contributed by atoms with E-state index < -0.39 is 0 Å². The van der Waals surface area contributed by atoms with Crippen LogP contribution in [0.15, 0.2) is 12.1 Å². The molecule has 68 valence electrons. The second-order valence-electron chi connectivity index (χ2n) is 3.03. The Kier molecular flexibility index (Phi) is 2.94. The molecule has 0 unspecified atom stereocenters. The van der Waals surface area contributed by atoms with Crippen LogP contribution >= 0.6 is 0 Å². The van der Waals surface area contributed by atoms with Crippen molar-refractivity contribution < 1.29 is 0 Å². The fourth-order valence-corrected chi connectivity index (χ4v) is 1.20. The summed E-state index contributed by atoms with van der Waals surface area (Å²) in [6.45, 7) is 4.36. The maximum Gasteiger partial charge on any atom is 0.0555 e. The lowest BCUT2D eigenvalue weighted by molar-refractivity contribution is 1.30. The predicted octanol–water partition coefficient (Wildman–Crippen LogP) is 1.20. The van der Waals surface area contributed by atoms with E-state index in [1.165, 1.54) is 0 Å². The number of hydrogen-bond acceptors (Lipinski definition) is 2. The zero-order valence-corrected chi connectivity index (χ0v) is 8.02. The van der Waals surface area contributed by atoms with E-state index in [1.807, 2.05) is 26.0 Å². The second-order valence-corrected chi connectivity index (χ2v) is 3.03. The van der Waals surface area contributed by atoms with E-state index in [1.54, 1.807) is 0 Å². The average Bonchev–Trinajstić information content (AvgIpc) is 2.10. The van der Waals surface area contributed by atoms with Gasteiger partial charge in [0.15, 0.2) is 0 Å². The first-order valence-electron chi connectivity index (χ1n) is 4.21. The van der Waals surface area contributed by atoms with Crippen LogP contribution in [0.4, 0.5) is 5.69 Å². The van der Waals surface area contributed by atoms with Crippen LogP contribution in [-0.2, 0) is 0 Å². The number of nitrogen functional groups attached to an aromatic ring is 1. The van der Waals surface area contributed by atoms with E-state index in [9.17, 15) is 0 Å². The highest BCUT2D eigenvalue weighted by Gasteiger charge is 1.98. The second kappa shape index (κ2) is 3.97. The maximum atomic E-state index is 5.81. The van der Waals surface area contributed by atoms with Gasteiger partial charge in [-0.05, 0) is 37.1 Å². The highest BCUT2D eigenvalue weighted by atomic mass is 14.6. The average molecular weight is 174 g/mol. The van der Waals surface area contributed by atoms with E-state index in [2.05, 4.69) is 11.8 Å². The van der Waals surface area contributed by atoms with Crippen molar-refractivity contribution in [2.75, 3.05) is 12.3 Å². The molecule has 0 heterocycles. The fraction of sp³-hybridized carbons (Fsp3) is 0.273. The molecule has 0 saturated heterocycles. The minimum atomic E-state index is 0.391. The molecule has 0 bridgehead atoms. The van der Waals surface area contributed by atoms with Crippen LogP contribution in [0.3, 0.4) is 0 Å². The zero-order valence-electron chi connectivity index (χ0n) is 8.02. The van der Waals surface area contributed by atoms with Gasteiger partial charge < -0.3 is 11.5 Å². The highest BCUT2D eigenvalue weighted by Crippen LogP contribution is 2.17. The van der Waals surface area contributed by atoms with Crippen molar-refractivity contribution in [3.05, 3.63) is 28.8 Å². The van der Waals surface area contributed by atoms with Gasteiger partial charge in [0, 0.05) is 11.3 Å². The highest BCUT2D eigenvalue weighted by molar-refractivity contribution is 5.57. The Balaban J connectivity index is 3.13. The summed E-state index contributed by atoms with van der Waals surface area (Å²) >= 11 is 0. The van der Waals surface area contributed by atoms with E-state index in [0.717, 1.165) is 22.4 Å². The van der Waals surface area contributed by atoms with Gasteiger partial charge in [-0.2, -0.15) is 0 Å². The number of anilines is 1. The fourth-order valence-electron chi connectivity index (χ4n) is 1.20. The minimum Gasteiger partial charge on any atom is -0.398 e. The first-order chi connectivity index (χ1) is 6.15. The molecule has 2 nitrogen and oxygen atoms in total. The standard InChI is InChI=1S/C11H14N2/c1-8-6-10(4-3-5-12)7-9(2)11(8)13/h6-7H,5,12-13H2,1-2H3. The van der Waals surface area contributed by atoms with E-state index in [0.29, 0.717) is 6.54 Å². The number of aryl methyl sites for hydroxylation is 2. The molecular weight excluding hydrogens is 160 g/mol. The Morgan fingerprint density at radius 2 is 1.77 bits per heavy atom. The third-order valence-electron chi connectivity index (χ3n) is 1.93. The predicted molar refractivity (Wildman–Crippen MR) is 56.3 cm³/mol. The van der Waals surface area contributed by atoms with Crippen LogP contribution < -0.4 is 11.5 Å². The zero-order chi connectivity index (χ0) is 9.84. The summed E-state index contributed by atoms with van der Waals surface area (Å²) in [5, 5.41) is 0. The van der Waals surface area contributed by atoms with Gasteiger partial charge in [0.1, 0.15) is 0 Å². The minimum absolute atomic E-state index is 0.391. The van der Waals surface area contributed by atoms with Gasteiger partial charge in [-0.1, -0.05) is 11.8 Å². The van der Waals surface area contributed by atoms with Gasteiger partial charge in [0.2, 0.25) is 0 Å². The molecule has 0 aliphatic rings. The first kappa shape index (κ1) is 9.63. The molecule has 0 atom stereocenters. The summed E-state index contributed by atoms with van der Waals surface area (Å²) in [6, 6.07) is 3.95. The van der Waals surface area contributed by atoms with Crippen molar-refractivity contribution in [3.63, 3.8) is 0 Å². The maximum absolute atomic E-state index is 5.81. The molecule has 0 fully saturated rings. The molecule has 2 heteroatoms. The van der Waals surface area contributed by atoms with Gasteiger partial charge in [0.25, 0.3) is 0 Å². The Labute approximate surface area is 78.9 Å². The van der Waals surface area contributed by atoms with E-state index in [-0.39, 0.29) is 0 Å². The smallest absolute Gasteiger partial charge is 0.0555 e. The number of benzene rings is 1. The Hall–Kier alpha value is -1.46. The van der Waals surface area contributed by atoms with Gasteiger partial charge in [0.05, 0.1) is 6.54 Å². The van der Waals surface area contributed by atoms with Crippen LogP contribution in [-0.4, -0.2) is 6.54 Å². The number of hydrogen-bond donors (Lipinski definition) is 2. The summed E-state index contributed by atoms with van der Waals surface area (Å²) in [4.78, 5) is 0. The van der Waals surface area contributed by atoms with Gasteiger partial charge in [-0.3, -0.25) is 0 Å². The molecule has 1 aromatic carbocycles. The van der Waals surface area contributed by atoms with Crippen molar-refractivity contribution >= 4 is 5.69 Å². The Bertz CT molecular complexity index is 346. The molecule has 1 rings (SSSR count). The van der Waals surface area contributed by atoms with Crippen molar-refractivity contribution in [2.45, 2.75) is 13.8 Å². The van der Waals surface area contributed by atoms with E-state index in [4.69, 9.17) is 11.5 Å². The third kappa shape index (κ3) is 2.24. The Morgan fingerprint density at radius 3 is 2.23 bits per heavy atom. The molecule has 13 heavy (non-hydrogen) atoms. The quantitative estimate of drug-likeness (QED) is 0.458. The molecule has 0 saturated carbocycles. The largest absolute Gasteiger partial charge is 0.398 e. The molecule has 0 aliphatic heterocycles. The molecule has 0 amide bonds. The van der Waals surface area contributed by atoms with Gasteiger partial charge in [-0.15, -0.1) is 0 Å². The topological polar surface area (TPSA) is 52.0 Å². The van der Waals surface area contributed by atoms with Crippen molar-refractivity contribution in [1.82, 2.24) is 0 Å². The summed E-state index contributed by atoms with van der Waals surface area (Å²) in [6.07, 6.45) is 0. The van der Waals surface area contributed by atoms with E-state index >= 15 is 0 Å². The van der Waals surface area contributed by atoms with Crippen molar-refractivity contribution in [1.29, 1.82) is 0 Å². The summed E-state index contributed by atoms with van der Waals surface area (Å²) in [7, 11) is 0. The monoisotopic (exact) mass is 174 g/mol. The first-order valence-corrected chi connectivity index (χ1v) is 4.21. The Morgan fingerprint density at radius 1 is 1.23 bits per heavy atom. The van der Waals surface area contributed by atoms with Crippen LogP contribution in [0.25, 0.3) is 0 Å². The molecule has 4 N–H and O–H groups in total. The van der Waals surface area contributed by atoms with Crippen LogP contribution in [0.5, 0.6) is 0 Å². The molecule has 0 spiro atoms. The van der Waals surface area contributed by atoms with Crippen molar-refractivity contribution in [2.24, 2.45) is 5.73 Å². The summed E-state index contributed by atoms with van der Waals surface area (Å²) in [5.74, 6) is 5.80. The van der Waals surface area contributed by atoms with Crippen LogP contribution in [0.1, 0.15) is 16.7 Å². The molecule has 1 aromatic rings. The molecular formula is C11H14N2. The normalized spacial score (nSPS) is 9.15. The lowest BCUT2D eigenvalue weighted by Crippen LogP contribution is -1.95. The number of nitrogens with two attached hydrogens (primary N) is 2. The molecule has 0 aromatic heterocycles. The van der Waals surface area contributed by atoms with Crippen molar-refractivity contribution in [3.8, 4) is 11.8 Å². The van der Waals surface area contributed by atoms with Gasteiger partial charge >= 0.3 is 0 Å². The summed E-state index contributed by atoms with van der Waals surface area (Å²) in [5.41, 5.74) is 15.1.